The zero-order valence-electron chi connectivity index (χ0n) is 9.45. The molecule has 0 N–H and O–H groups in total. The SMILES string of the molecule is CN1CC(C)(C)Cc2ncccc2C1=O. The topological polar surface area (TPSA) is 33.2 Å². The van der Waals surface area contributed by atoms with Crippen LogP contribution in [0.4, 0.5) is 0 Å². The number of carbonyl (C=O) groups excluding carboxylic acids is 1. The van der Waals surface area contributed by atoms with Gasteiger partial charge in [0, 0.05) is 19.8 Å². The van der Waals surface area contributed by atoms with E-state index in [1.807, 2.05) is 19.2 Å². The number of nitrogens with zero attached hydrogens (tertiary/aromatic N) is 2. The molecule has 0 unspecified atom stereocenters. The van der Waals surface area contributed by atoms with Crippen LogP contribution in [0.1, 0.15) is 29.9 Å². The van der Waals surface area contributed by atoms with Crippen molar-refractivity contribution in [2.75, 3.05) is 13.6 Å². The van der Waals surface area contributed by atoms with E-state index in [0.717, 1.165) is 24.2 Å². The van der Waals surface area contributed by atoms with Crippen molar-refractivity contribution in [3.05, 3.63) is 29.6 Å². The largest absolute Gasteiger partial charge is 0.341 e. The minimum Gasteiger partial charge on any atom is -0.341 e. The van der Waals surface area contributed by atoms with E-state index >= 15 is 0 Å². The van der Waals surface area contributed by atoms with Crippen molar-refractivity contribution in [2.24, 2.45) is 5.41 Å². The van der Waals surface area contributed by atoms with Crippen LogP contribution in [0.3, 0.4) is 0 Å². The van der Waals surface area contributed by atoms with Crippen molar-refractivity contribution >= 4 is 5.91 Å². The zero-order chi connectivity index (χ0) is 11.1. The van der Waals surface area contributed by atoms with Crippen molar-refractivity contribution in [2.45, 2.75) is 20.3 Å². The van der Waals surface area contributed by atoms with E-state index in [2.05, 4.69) is 18.8 Å². The molecular weight excluding hydrogens is 188 g/mol. The Morgan fingerprint density at radius 1 is 1.47 bits per heavy atom. The molecule has 0 aliphatic carbocycles. The second-order valence-electron chi connectivity index (χ2n) is 5.00. The van der Waals surface area contributed by atoms with Crippen LogP contribution in [0.15, 0.2) is 18.3 Å². The van der Waals surface area contributed by atoms with E-state index in [4.69, 9.17) is 0 Å². The summed E-state index contributed by atoms with van der Waals surface area (Å²) in [6.45, 7) is 5.11. The second kappa shape index (κ2) is 3.33. The van der Waals surface area contributed by atoms with Crippen molar-refractivity contribution < 1.29 is 4.79 Å². The molecule has 80 valence electrons. The van der Waals surface area contributed by atoms with Gasteiger partial charge in [0.25, 0.3) is 5.91 Å². The summed E-state index contributed by atoms with van der Waals surface area (Å²) in [6.07, 6.45) is 2.62. The first kappa shape index (κ1) is 10.1. The molecule has 1 aromatic heterocycles. The predicted molar refractivity (Wildman–Crippen MR) is 58.7 cm³/mol. The van der Waals surface area contributed by atoms with Gasteiger partial charge in [-0.15, -0.1) is 0 Å². The van der Waals surface area contributed by atoms with Gasteiger partial charge in [-0.2, -0.15) is 0 Å². The third kappa shape index (κ3) is 1.87. The number of amides is 1. The molecule has 0 radical (unpaired) electrons. The minimum atomic E-state index is 0.0867. The van der Waals surface area contributed by atoms with E-state index in [0.29, 0.717) is 0 Å². The van der Waals surface area contributed by atoms with Gasteiger partial charge in [-0.05, 0) is 24.0 Å². The summed E-state index contributed by atoms with van der Waals surface area (Å²) in [4.78, 5) is 18.1. The van der Waals surface area contributed by atoms with E-state index in [9.17, 15) is 4.79 Å². The molecule has 1 aromatic rings. The molecule has 1 aliphatic rings. The Balaban J connectivity index is 2.51. The van der Waals surface area contributed by atoms with Crippen LogP contribution >= 0.6 is 0 Å². The lowest BCUT2D eigenvalue weighted by molar-refractivity contribution is 0.0754. The third-order valence-electron chi connectivity index (χ3n) is 2.78. The standard InChI is InChI=1S/C12H16N2O/c1-12(2)7-10-9(5-4-6-13-10)11(15)14(3)8-12/h4-6H,7-8H2,1-3H3. The van der Waals surface area contributed by atoms with Gasteiger partial charge in [-0.1, -0.05) is 13.8 Å². The number of aromatic nitrogens is 1. The molecule has 0 saturated carbocycles. The van der Waals surface area contributed by atoms with Crippen LogP contribution < -0.4 is 0 Å². The fourth-order valence-corrected chi connectivity index (χ4v) is 2.20. The summed E-state index contributed by atoms with van der Waals surface area (Å²) in [5.41, 5.74) is 1.78. The lowest BCUT2D eigenvalue weighted by atomic mass is 9.87. The van der Waals surface area contributed by atoms with Crippen LogP contribution in [-0.2, 0) is 6.42 Å². The fraction of sp³-hybridized carbons (Fsp3) is 0.500. The summed E-state index contributed by atoms with van der Waals surface area (Å²) in [5, 5.41) is 0. The lowest BCUT2D eigenvalue weighted by Crippen LogP contribution is -2.33. The number of hydrogen-bond donors (Lipinski definition) is 0. The molecule has 2 heterocycles. The molecule has 1 amide bonds. The smallest absolute Gasteiger partial charge is 0.255 e. The average Bonchev–Trinajstić information content (AvgIpc) is 2.23. The fourth-order valence-electron chi connectivity index (χ4n) is 2.20. The van der Waals surface area contributed by atoms with Gasteiger partial charge in [0.05, 0.1) is 11.3 Å². The van der Waals surface area contributed by atoms with Crippen molar-refractivity contribution in [1.29, 1.82) is 0 Å². The third-order valence-corrected chi connectivity index (χ3v) is 2.78. The van der Waals surface area contributed by atoms with Crippen molar-refractivity contribution in [3.8, 4) is 0 Å². The molecule has 0 atom stereocenters. The molecule has 0 aromatic carbocycles. The number of pyridine rings is 1. The highest BCUT2D eigenvalue weighted by atomic mass is 16.2. The van der Waals surface area contributed by atoms with Gasteiger partial charge in [0.1, 0.15) is 0 Å². The van der Waals surface area contributed by atoms with Crippen LogP contribution in [0.25, 0.3) is 0 Å². The van der Waals surface area contributed by atoms with Crippen LogP contribution in [-0.4, -0.2) is 29.4 Å². The van der Waals surface area contributed by atoms with Crippen LogP contribution in [0.5, 0.6) is 0 Å². The molecule has 0 spiro atoms. The first-order valence-electron chi connectivity index (χ1n) is 5.19. The van der Waals surface area contributed by atoms with Gasteiger partial charge in [0.15, 0.2) is 0 Å². The van der Waals surface area contributed by atoms with Gasteiger partial charge in [-0.25, -0.2) is 0 Å². The number of fused-ring (bicyclic) bond motifs is 1. The Morgan fingerprint density at radius 3 is 2.93 bits per heavy atom. The molecule has 15 heavy (non-hydrogen) atoms. The van der Waals surface area contributed by atoms with E-state index in [1.54, 1.807) is 11.1 Å². The summed E-state index contributed by atoms with van der Waals surface area (Å²) >= 11 is 0. The maximum atomic E-state index is 12.0. The molecule has 1 aliphatic heterocycles. The molecule has 3 nitrogen and oxygen atoms in total. The lowest BCUT2D eigenvalue weighted by Gasteiger charge is -2.26. The normalized spacial score (nSPS) is 19.7. The molecular formula is C12H16N2O. The molecule has 2 rings (SSSR count). The van der Waals surface area contributed by atoms with Crippen LogP contribution in [0.2, 0.25) is 0 Å². The Hall–Kier alpha value is -1.38. The first-order valence-corrected chi connectivity index (χ1v) is 5.19. The monoisotopic (exact) mass is 204 g/mol. The maximum absolute atomic E-state index is 12.0. The Kier molecular flexibility index (Phi) is 2.25. The molecule has 0 saturated heterocycles. The number of rotatable bonds is 0. The molecule has 3 heteroatoms. The van der Waals surface area contributed by atoms with Gasteiger partial charge in [0.2, 0.25) is 0 Å². The highest BCUT2D eigenvalue weighted by molar-refractivity contribution is 5.95. The Labute approximate surface area is 90.1 Å². The number of hydrogen-bond acceptors (Lipinski definition) is 2. The van der Waals surface area contributed by atoms with Gasteiger partial charge < -0.3 is 4.90 Å². The van der Waals surface area contributed by atoms with E-state index < -0.39 is 0 Å². The van der Waals surface area contributed by atoms with Crippen molar-refractivity contribution in [3.63, 3.8) is 0 Å². The Morgan fingerprint density at radius 2 is 2.20 bits per heavy atom. The summed E-state index contributed by atoms with van der Waals surface area (Å²) in [7, 11) is 1.85. The quantitative estimate of drug-likeness (QED) is 0.645. The predicted octanol–water partition coefficient (Wildman–Crippen LogP) is 1.74. The summed E-state index contributed by atoms with van der Waals surface area (Å²) < 4.78 is 0. The second-order valence-corrected chi connectivity index (χ2v) is 5.00. The highest BCUT2D eigenvalue weighted by Crippen LogP contribution is 2.27. The van der Waals surface area contributed by atoms with E-state index in [-0.39, 0.29) is 11.3 Å². The molecule has 0 fully saturated rings. The highest BCUT2D eigenvalue weighted by Gasteiger charge is 2.30. The van der Waals surface area contributed by atoms with Gasteiger partial charge in [-0.3, -0.25) is 9.78 Å². The Bertz CT molecular complexity index is 398. The minimum absolute atomic E-state index is 0.0867. The summed E-state index contributed by atoms with van der Waals surface area (Å²) in [6, 6.07) is 3.69. The first-order chi connectivity index (χ1) is 6.99. The maximum Gasteiger partial charge on any atom is 0.255 e. The average molecular weight is 204 g/mol. The van der Waals surface area contributed by atoms with Gasteiger partial charge >= 0.3 is 0 Å². The zero-order valence-corrected chi connectivity index (χ0v) is 9.45. The summed E-state index contributed by atoms with van der Waals surface area (Å²) in [5.74, 6) is 0.0867. The van der Waals surface area contributed by atoms with E-state index in [1.165, 1.54) is 0 Å². The molecule has 0 bridgehead atoms. The van der Waals surface area contributed by atoms with Crippen LogP contribution in [0, 0.1) is 5.41 Å². The number of carbonyl (C=O) groups is 1. The van der Waals surface area contributed by atoms with Crippen molar-refractivity contribution in [1.82, 2.24) is 9.88 Å².